The van der Waals surface area contributed by atoms with Gasteiger partial charge in [0.15, 0.2) is 0 Å². The van der Waals surface area contributed by atoms with Gasteiger partial charge in [-0.15, -0.1) is 0 Å². The van der Waals surface area contributed by atoms with Crippen molar-refractivity contribution in [2.75, 3.05) is 0 Å². The first-order valence-electron chi connectivity index (χ1n) is 2.68. The van der Waals surface area contributed by atoms with Crippen molar-refractivity contribution in [2.45, 2.75) is 16.0 Å². The van der Waals surface area contributed by atoms with E-state index in [1.165, 1.54) is 0 Å². The highest BCUT2D eigenvalue weighted by atomic mass is 16.3. The van der Waals surface area contributed by atoms with Crippen LogP contribution in [0.5, 0.6) is 0 Å². The zero-order valence-corrected chi connectivity index (χ0v) is 5.86. The Morgan fingerprint density at radius 3 is 0.818 bits per heavy atom. The van der Waals surface area contributed by atoms with Crippen molar-refractivity contribution in [1.29, 1.82) is 0 Å². The quantitative estimate of drug-likeness (QED) is 0.384. The Labute approximate surface area is 74.0 Å². The molecule has 0 amide bonds. The summed E-state index contributed by atoms with van der Waals surface area (Å²) in [7, 11) is 29.5. The molecule has 0 aliphatic carbocycles. The Morgan fingerprint density at radius 1 is 0.636 bits per heavy atom. The standard InChI is InChI=1S/C3H2B6O2/c4-1(5,2(6,7)10)3(8,9)11/h10-11H. The molecule has 2 N–H and O–H groups in total. The lowest BCUT2D eigenvalue weighted by Gasteiger charge is -2.49. The predicted molar refractivity (Wildman–Crippen MR) is 47.1 cm³/mol. The number of hydrogen-bond donors (Lipinski definition) is 2. The fraction of sp³-hybridized carbons (Fsp3) is 1.00. The largest absolute Gasteiger partial charge is 0.410 e. The number of rotatable bonds is 2. The maximum Gasteiger partial charge on any atom is 0.0977 e. The van der Waals surface area contributed by atoms with Crippen LogP contribution in [0.4, 0.5) is 0 Å². The van der Waals surface area contributed by atoms with E-state index in [0.29, 0.717) is 0 Å². The molecule has 44 valence electrons. The second kappa shape index (κ2) is 2.67. The topological polar surface area (TPSA) is 40.5 Å². The van der Waals surface area contributed by atoms with Crippen LogP contribution in [0.15, 0.2) is 0 Å². The molecule has 0 atom stereocenters. The Balaban J connectivity index is 4.75. The minimum absolute atomic E-state index is 2.40. The summed E-state index contributed by atoms with van der Waals surface area (Å²) in [5.41, 5.74) is 0. The third-order valence-corrected chi connectivity index (χ3v) is 1.33. The first-order chi connectivity index (χ1) is 4.50. The molecular formula is C3H2B6O2. The zero-order chi connectivity index (χ0) is 9.50. The molecule has 0 aliphatic heterocycles. The molecular weight excluding hydrogens is 133 g/mol. The van der Waals surface area contributed by atoms with Crippen molar-refractivity contribution in [1.82, 2.24) is 0 Å². The Morgan fingerprint density at radius 2 is 0.818 bits per heavy atom. The van der Waals surface area contributed by atoms with Crippen LogP contribution in [-0.4, -0.2) is 68.1 Å². The summed E-state index contributed by atoms with van der Waals surface area (Å²) in [4.78, 5) is 0. The zero-order valence-electron chi connectivity index (χ0n) is 5.86. The number of aliphatic hydroxyl groups is 2. The highest BCUT2D eigenvalue weighted by Crippen LogP contribution is 2.35. The average Bonchev–Trinajstić information content (AvgIpc) is 1.58. The Kier molecular flexibility index (Phi) is 2.74. The molecule has 8 heteroatoms. The fourth-order valence-electron chi connectivity index (χ4n) is 0.321. The van der Waals surface area contributed by atoms with E-state index in [4.69, 9.17) is 57.3 Å². The van der Waals surface area contributed by atoms with Crippen LogP contribution in [-0.2, 0) is 0 Å². The van der Waals surface area contributed by atoms with Crippen LogP contribution >= 0.6 is 0 Å². The fourth-order valence-corrected chi connectivity index (χ4v) is 0.321. The van der Waals surface area contributed by atoms with Gasteiger partial charge in [-0.05, 0) is 10.8 Å². The van der Waals surface area contributed by atoms with Gasteiger partial charge in [0.05, 0.1) is 47.1 Å². The monoisotopic (exact) mass is 136 g/mol. The maximum atomic E-state index is 8.87. The van der Waals surface area contributed by atoms with Gasteiger partial charge in [-0.2, -0.15) is 0 Å². The summed E-state index contributed by atoms with van der Waals surface area (Å²) in [6.07, 6.45) is 0. The normalized spacial score (nSPS) is 14.7. The molecule has 11 heavy (non-hydrogen) atoms. The molecule has 0 spiro atoms. The van der Waals surface area contributed by atoms with Gasteiger partial charge in [-0.25, -0.2) is 0 Å². The first kappa shape index (κ1) is 11.3. The van der Waals surface area contributed by atoms with Crippen LogP contribution in [0.2, 0.25) is 5.21 Å². The van der Waals surface area contributed by atoms with Crippen molar-refractivity contribution < 1.29 is 10.2 Å². The Hall–Kier alpha value is 0.310. The van der Waals surface area contributed by atoms with Crippen molar-refractivity contribution in [3.05, 3.63) is 0 Å². The van der Waals surface area contributed by atoms with E-state index in [0.717, 1.165) is 0 Å². The van der Waals surface area contributed by atoms with Gasteiger partial charge >= 0.3 is 0 Å². The van der Waals surface area contributed by atoms with Crippen LogP contribution in [0, 0.1) is 0 Å². The molecule has 0 aromatic rings. The molecule has 0 fully saturated rings. The highest BCUT2D eigenvalue weighted by Gasteiger charge is 2.42. The van der Waals surface area contributed by atoms with Gasteiger partial charge in [0.1, 0.15) is 0 Å². The molecule has 0 saturated heterocycles. The summed E-state index contributed by atoms with van der Waals surface area (Å²) in [5, 5.41) is 10.2. The van der Waals surface area contributed by atoms with Crippen molar-refractivity contribution in [3.63, 3.8) is 0 Å². The first-order valence-corrected chi connectivity index (χ1v) is 2.68. The minimum Gasteiger partial charge on any atom is -0.410 e. The van der Waals surface area contributed by atoms with Crippen molar-refractivity contribution >= 4 is 47.1 Å². The van der Waals surface area contributed by atoms with Crippen molar-refractivity contribution in [2.24, 2.45) is 0 Å². The summed E-state index contributed by atoms with van der Waals surface area (Å²) < 4.78 is 0. The molecule has 0 saturated carbocycles. The molecule has 0 rings (SSSR count). The third-order valence-electron chi connectivity index (χ3n) is 1.33. The van der Waals surface area contributed by atoms with Crippen molar-refractivity contribution in [3.8, 4) is 0 Å². The van der Waals surface area contributed by atoms with Gasteiger partial charge in [0, 0.05) is 0 Å². The smallest absolute Gasteiger partial charge is 0.0977 e. The SMILES string of the molecule is [B]C([B])(O)C([B])([B])C([B])([B])O. The molecule has 2 nitrogen and oxygen atoms in total. The summed E-state index contributed by atoms with van der Waals surface area (Å²) in [6.45, 7) is 0. The van der Waals surface area contributed by atoms with E-state index in [1.54, 1.807) is 0 Å². The second-order valence-electron chi connectivity index (χ2n) is 2.52. The Bertz CT molecular complexity index is 127. The third kappa shape index (κ3) is 2.12. The van der Waals surface area contributed by atoms with Gasteiger partial charge in [0.25, 0.3) is 0 Å². The molecule has 0 bridgehead atoms. The van der Waals surface area contributed by atoms with Gasteiger partial charge in [-0.1, -0.05) is 5.21 Å². The van der Waals surface area contributed by atoms with Gasteiger partial charge in [-0.3, -0.25) is 0 Å². The summed E-state index contributed by atoms with van der Waals surface area (Å²) in [5.74, 6) is 0. The summed E-state index contributed by atoms with van der Waals surface area (Å²) in [6, 6.07) is 0. The molecule has 0 unspecified atom stereocenters. The minimum atomic E-state index is -2.56. The van der Waals surface area contributed by atoms with E-state index in [9.17, 15) is 0 Å². The van der Waals surface area contributed by atoms with Crippen LogP contribution in [0.1, 0.15) is 0 Å². The maximum absolute atomic E-state index is 8.87. The van der Waals surface area contributed by atoms with Crippen LogP contribution in [0.25, 0.3) is 0 Å². The lowest BCUT2D eigenvalue weighted by Crippen LogP contribution is -2.59. The van der Waals surface area contributed by atoms with E-state index in [-0.39, 0.29) is 0 Å². The van der Waals surface area contributed by atoms with Gasteiger partial charge in [0.2, 0.25) is 0 Å². The molecule has 12 radical (unpaired) electrons. The van der Waals surface area contributed by atoms with E-state index in [1.807, 2.05) is 0 Å². The lowest BCUT2D eigenvalue weighted by atomic mass is 9.25. The van der Waals surface area contributed by atoms with E-state index in [2.05, 4.69) is 0 Å². The van der Waals surface area contributed by atoms with Crippen LogP contribution < -0.4 is 0 Å². The highest BCUT2D eigenvalue weighted by molar-refractivity contribution is 6.60. The van der Waals surface area contributed by atoms with Gasteiger partial charge < -0.3 is 10.2 Å². The molecule has 0 aliphatic rings. The van der Waals surface area contributed by atoms with E-state index < -0.39 is 16.0 Å². The predicted octanol–water partition coefficient (Wildman–Crippen LogP) is -3.59. The molecule has 0 aromatic heterocycles. The van der Waals surface area contributed by atoms with E-state index >= 15 is 0 Å². The second-order valence-corrected chi connectivity index (χ2v) is 2.52. The molecule has 0 heterocycles. The number of hydrogen-bond acceptors (Lipinski definition) is 2. The molecule has 0 aromatic carbocycles. The lowest BCUT2D eigenvalue weighted by molar-refractivity contribution is 0.102. The summed E-state index contributed by atoms with van der Waals surface area (Å²) >= 11 is 0. The van der Waals surface area contributed by atoms with Crippen LogP contribution in [0.3, 0.4) is 0 Å². The average molecular weight is 135 g/mol.